The van der Waals surface area contributed by atoms with Gasteiger partial charge in [-0.15, -0.1) is 0 Å². The molecule has 0 saturated carbocycles. The fourth-order valence-electron chi connectivity index (χ4n) is 2.09. The van der Waals surface area contributed by atoms with E-state index in [1.165, 1.54) is 19.2 Å². The molecule has 150 valence electrons. The first kappa shape index (κ1) is 21.9. The van der Waals surface area contributed by atoms with E-state index >= 15 is 0 Å². The Bertz CT molecular complexity index is 896. The first-order valence-electron chi connectivity index (χ1n) is 7.72. The third kappa shape index (κ3) is 5.33. The van der Waals surface area contributed by atoms with Crippen LogP contribution in [0.4, 0.5) is 24.5 Å². The summed E-state index contributed by atoms with van der Waals surface area (Å²) in [5.74, 6) is -4.42. The van der Waals surface area contributed by atoms with Gasteiger partial charge in [-0.05, 0) is 46.9 Å². The van der Waals surface area contributed by atoms with Gasteiger partial charge in [0.2, 0.25) is 0 Å². The lowest BCUT2D eigenvalue weighted by atomic mass is 10.1. The normalized spacial score (nSPS) is 10.9. The zero-order chi connectivity index (χ0) is 20.7. The first-order valence-corrected chi connectivity index (χ1v) is 8.80. The SMILES string of the molecule is CO/N=C\c1cc(C(=O)NOCCO)c(Nc2ccc(I)cc2F)c(F)c1F. The highest BCUT2D eigenvalue weighted by Crippen LogP contribution is 2.30. The van der Waals surface area contributed by atoms with E-state index in [9.17, 15) is 18.0 Å². The van der Waals surface area contributed by atoms with E-state index in [0.29, 0.717) is 3.57 Å². The van der Waals surface area contributed by atoms with Crippen molar-refractivity contribution in [1.82, 2.24) is 5.48 Å². The molecule has 0 heterocycles. The number of carbonyl (C=O) groups is 1. The number of rotatable bonds is 8. The van der Waals surface area contributed by atoms with Crippen molar-refractivity contribution in [3.8, 4) is 0 Å². The summed E-state index contributed by atoms with van der Waals surface area (Å²) in [6.45, 7) is -0.593. The van der Waals surface area contributed by atoms with Crippen LogP contribution in [0.25, 0.3) is 0 Å². The van der Waals surface area contributed by atoms with E-state index in [1.54, 1.807) is 6.07 Å². The Balaban J connectivity index is 2.52. The number of aliphatic hydroxyl groups is 1. The number of anilines is 2. The van der Waals surface area contributed by atoms with Gasteiger partial charge >= 0.3 is 0 Å². The number of halogens is 4. The van der Waals surface area contributed by atoms with Crippen molar-refractivity contribution in [2.24, 2.45) is 5.16 Å². The van der Waals surface area contributed by atoms with Crippen LogP contribution >= 0.6 is 22.6 Å². The molecule has 0 radical (unpaired) electrons. The van der Waals surface area contributed by atoms with Gasteiger partial charge in [0.1, 0.15) is 12.9 Å². The summed E-state index contributed by atoms with van der Waals surface area (Å²) in [7, 11) is 1.20. The minimum atomic E-state index is -1.43. The van der Waals surface area contributed by atoms with Crippen molar-refractivity contribution >= 4 is 46.1 Å². The second kappa shape index (κ2) is 10.2. The van der Waals surface area contributed by atoms with Gasteiger partial charge in [-0.3, -0.25) is 9.63 Å². The molecule has 0 aromatic heterocycles. The summed E-state index contributed by atoms with van der Waals surface area (Å²) in [4.78, 5) is 21.5. The molecule has 3 N–H and O–H groups in total. The molecule has 2 aromatic carbocycles. The summed E-state index contributed by atoms with van der Waals surface area (Å²) in [5.41, 5.74) is 0.460. The number of hydrogen-bond donors (Lipinski definition) is 3. The average Bonchev–Trinajstić information content (AvgIpc) is 2.66. The smallest absolute Gasteiger partial charge is 0.277 e. The molecule has 0 saturated heterocycles. The Hall–Kier alpha value is -2.38. The fraction of sp³-hybridized carbons (Fsp3) is 0.176. The van der Waals surface area contributed by atoms with Gasteiger partial charge < -0.3 is 15.3 Å². The highest BCUT2D eigenvalue weighted by molar-refractivity contribution is 14.1. The van der Waals surface area contributed by atoms with Crippen molar-refractivity contribution in [1.29, 1.82) is 0 Å². The molecule has 0 aliphatic heterocycles. The van der Waals surface area contributed by atoms with Crippen molar-refractivity contribution in [2.75, 3.05) is 25.6 Å². The van der Waals surface area contributed by atoms with Gasteiger partial charge in [0.05, 0.1) is 36.4 Å². The number of benzene rings is 2. The van der Waals surface area contributed by atoms with Crippen molar-refractivity contribution in [3.63, 3.8) is 0 Å². The van der Waals surface area contributed by atoms with E-state index in [-0.39, 0.29) is 30.0 Å². The minimum absolute atomic E-state index is 0.164. The molecule has 0 atom stereocenters. The summed E-state index contributed by atoms with van der Waals surface area (Å²) in [6, 6.07) is 5.04. The van der Waals surface area contributed by atoms with Crippen molar-refractivity contribution in [3.05, 3.63) is 56.4 Å². The maximum atomic E-state index is 14.7. The zero-order valence-corrected chi connectivity index (χ0v) is 16.6. The monoisotopic (exact) mass is 509 g/mol. The van der Waals surface area contributed by atoms with Crippen LogP contribution in [0.15, 0.2) is 29.4 Å². The molecular weight excluding hydrogens is 494 g/mol. The second-order valence-electron chi connectivity index (χ2n) is 5.19. The van der Waals surface area contributed by atoms with Gasteiger partial charge in [0.25, 0.3) is 5.91 Å². The van der Waals surface area contributed by atoms with Gasteiger partial charge in [0, 0.05) is 9.13 Å². The lowest BCUT2D eigenvalue weighted by Gasteiger charge is -2.15. The van der Waals surface area contributed by atoms with Gasteiger partial charge in [-0.1, -0.05) is 5.16 Å². The standard InChI is InChI=1S/C17H15F3IN3O4/c1-27-22-8-9-6-11(17(26)24-28-5-4-25)16(15(20)14(9)19)23-13-3-2-10(21)7-12(13)18/h2-3,6-8,23,25H,4-5H2,1H3,(H,24,26)/b22-8-. The van der Waals surface area contributed by atoms with Gasteiger partial charge in [0.15, 0.2) is 11.6 Å². The molecule has 1 amide bonds. The van der Waals surface area contributed by atoms with Crippen LogP contribution < -0.4 is 10.8 Å². The van der Waals surface area contributed by atoms with E-state index in [4.69, 9.17) is 9.94 Å². The van der Waals surface area contributed by atoms with Crippen LogP contribution in [-0.4, -0.2) is 37.6 Å². The molecule has 0 spiro atoms. The highest BCUT2D eigenvalue weighted by Gasteiger charge is 2.23. The molecule has 28 heavy (non-hydrogen) atoms. The number of oxime groups is 1. The van der Waals surface area contributed by atoms with Crippen LogP contribution in [0, 0.1) is 21.0 Å². The first-order chi connectivity index (χ1) is 13.4. The Morgan fingerprint density at radius 3 is 2.68 bits per heavy atom. The van der Waals surface area contributed by atoms with Crippen LogP contribution in [0.1, 0.15) is 15.9 Å². The predicted molar refractivity (Wildman–Crippen MR) is 104 cm³/mol. The average molecular weight is 509 g/mol. The Morgan fingerprint density at radius 2 is 2.04 bits per heavy atom. The summed E-state index contributed by atoms with van der Waals surface area (Å²) >= 11 is 1.89. The van der Waals surface area contributed by atoms with E-state index in [0.717, 1.165) is 12.3 Å². The van der Waals surface area contributed by atoms with Gasteiger partial charge in [-0.2, -0.15) is 0 Å². The van der Waals surface area contributed by atoms with Crippen LogP contribution in [0.2, 0.25) is 0 Å². The van der Waals surface area contributed by atoms with Crippen molar-refractivity contribution in [2.45, 2.75) is 0 Å². The topological polar surface area (TPSA) is 92.2 Å². The van der Waals surface area contributed by atoms with E-state index in [2.05, 4.69) is 15.3 Å². The maximum absolute atomic E-state index is 14.7. The number of hydrogen-bond acceptors (Lipinski definition) is 6. The van der Waals surface area contributed by atoms with Crippen LogP contribution in [0.3, 0.4) is 0 Å². The lowest BCUT2D eigenvalue weighted by Crippen LogP contribution is -2.26. The zero-order valence-electron chi connectivity index (χ0n) is 14.4. The lowest BCUT2D eigenvalue weighted by molar-refractivity contribution is 0.0168. The minimum Gasteiger partial charge on any atom is -0.399 e. The third-order valence-corrected chi connectivity index (χ3v) is 4.00. The molecule has 0 aliphatic carbocycles. The summed E-state index contributed by atoms with van der Waals surface area (Å²) < 4.78 is 43.7. The molecule has 11 heteroatoms. The molecule has 2 rings (SSSR count). The number of nitrogens with zero attached hydrogens (tertiary/aromatic N) is 1. The predicted octanol–water partition coefficient (Wildman–Crippen LogP) is 3.09. The van der Waals surface area contributed by atoms with Crippen LogP contribution in [-0.2, 0) is 9.68 Å². The number of carbonyl (C=O) groups excluding carboxylic acids is 1. The summed E-state index contributed by atoms with van der Waals surface area (Å²) in [5, 5.41) is 14.4. The van der Waals surface area contributed by atoms with E-state index < -0.39 is 29.0 Å². The molecule has 2 aromatic rings. The molecule has 0 fully saturated rings. The molecule has 0 unspecified atom stereocenters. The fourth-order valence-corrected chi connectivity index (χ4v) is 2.55. The Kier molecular flexibility index (Phi) is 8.02. The number of hydroxylamine groups is 1. The molecular formula is C17H15F3IN3O4. The van der Waals surface area contributed by atoms with Gasteiger partial charge in [-0.25, -0.2) is 18.7 Å². The highest BCUT2D eigenvalue weighted by atomic mass is 127. The molecule has 7 nitrogen and oxygen atoms in total. The quantitative estimate of drug-likeness (QED) is 0.220. The van der Waals surface area contributed by atoms with Crippen molar-refractivity contribution < 1.29 is 32.7 Å². The number of amides is 1. The Labute approximate surface area is 171 Å². The second-order valence-corrected chi connectivity index (χ2v) is 6.43. The molecule has 0 bridgehead atoms. The van der Waals surface area contributed by atoms with Crippen LogP contribution in [0.5, 0.6) is 0 Å². The third-order valence-electron chi connectivity index (χ3n) is 3.33. The maximum Gasteiger partial charge on any atom is 0.277 e. The molecule has 0 aliphatic rings. The number of nitrogens with one attached hydrogen (secondary N) is 2. The van der Waals surface area contributed by atoms with E-state index in [1.807, 2.05) is 28.1 Å². The Morgan fingerprint density at radius 1 is 1.29 bits per heavy atom. The summed E-state index contributed by atoms with van der Waals surface area (Å²) in [6.07, 6.45) is 0.874. The largest absolute Gasteiger partial charge is 0.399 e. The number of aliphatic hydroxyl groups excluding tert-OH is 1.